The second kappa shape index (κ2) is 11.0. The maximum atomic E-state index is 13.3. The summed E-state index contributed by atoms with van der Waals surface area (Å²) < 4.78 is 14.0. The van der Waals surface area contributed by atoms with Crippen molar-refractivity contribution < 1.29 is 14.3 Å². The highest BCUT2D eigenvalue weighted by Crippen LogP contribution is 2.36. The number of amides is 1. The summed E-state index contributed by atoms with van der Waals surface area (Å²) in [4.78, 5) is 15.6. The van der Waals surface area contributed by atoms with Gasteiger partial charge in [-0.1, -0.05) is 49.1 Å². The predicted octanol–water partition coefficient (Wildman–Crippen LogP) is 6.02. The van der Waals surface area contributed by atoms with Gasteiger partial charge in [0.15, 0.2) is 0 Å². The van der Waals surface area contributed by atoms with E-state index in [1.165, 1.54) is 11.8 Å². The number of rotatable bonds is 8. The van der Waals surface area contributed by atoms with Gasteiger partial charge < -0.3 is 9.47 Å². The van der Waals surface area contributed by atoms with Crippen LogP contribution in [0.3, 0.4) is 0 Å². The molecule has 2 aliphatic heterocycles. The van der Waals surface area contributed by atoms with Crippen molar-refractivity contribution in [2.45, 2.75) is 39.2 Å². The van der Waals surface area contributed by atoms with Crippen LogP contribution in [0.15, 0.2) is 59.6 Å². The molecule has 3 aromatic rings. The van der Waals surface area contributed by atoms with Crippen molar-refractivity contribution in [1.82, 2.24) is 14.7 Å². The number of aromatic nitrogens is 2. The molecule has 2 aromatic carbocycles. The number of para-hydroxylation sites is 1. The third-order valence-electron chi connectivity index (χ3n) is 6.26. The van der Waals surface area contributed by atoms with E-state index in [4.69, 9.17) is 26.8 Å². The van der Waals surface area contributed by atoms with Crippen molar-refractivity contribution in [3.05, 3.63) is 70.8 Å². The van der Waals surface area contributed by atoms with Gasteiger partial charge in [0, 0.05) is 23.9 Å². The monoisotopic (exact) mass is 519 g/mol. The van der Waals surface area contributed by atoms with Crippen LogP contribution >= 0.6 is 24.0 Å². The average Bonchev–Trinajstić information content (AvgIpc) is 3.61. The zero-order valence-corrected chi connectivity index (χ0v) is 22.1. The topological polar surface area (TPSA) is 56.6 Å². The Balaban J connectivity index is 1.51. The Morgan fingerprint density at radius 3 is 2.81 bits per heavy atom. The quantitative estimate of drug-likeness (QED) is 0.268. The van der Waals surface area contributed by atoms with Gasteiger partial charge in [-0.25, -0.2) is 4.68 Å². The normalized spacial score (nSPS) is 19.0. The van der Waals surface area contributed by atoms with E-state index >= 15 is 0 Å². The number of aryl methyl sites for hydroxylation is 1. The number of benzene rings is 2. The van der Waals surface area contributed by atoms with Crippen molar-refractivity contribution in [2.75, 3.05) is 19.8 Å². The fourth-order valence-corrected chi connectivity index (χ4v) is 5.68. The summed E-state index contributed by atoms with van der Waals surface area (Å²) >= 11 is 6.90. The Morgan fingerprint density at radius 2 is 2.08 bits per heavy atom. The van der Waals surface area contributed by atoms with Crippen LogP contribution in [0, 0.1) is 6.92 Å². The van der Waals surface area contributed by atoms with Crippen molar-refractivity contribution in [3.8, 4) is 22.7 Å². The molecule has 2 aliphatic rings. The molecule has 1 amide bonds. The number of hydrogen-bond acceptors (Lipinski definition) is 6. The molecule has 1 aromatic heterocycles. The highest BCUT2D eigenvalue weighted by atomic mass is 32.2. The molecule has 0 aliphatic carbocycles. The van der Waals surface area contributed by atoms with Gasteiger partial charge in [-0.15, -0.1) is 0 Å². The van der Waals surface area contributed by atoms with Gasteiger partial charge in [0.2, 0.25) is 0 Å². The van der Waals surface area contributed by atoms with Gasteiger partial charge in [-0.05, 0) is 68.2 Å². The van der Waals surface area contributed by atoms with E-state index in [1.54, 1.807) is 4.90 Å². The summed E-state index contributed by atoms with van der Waals surface area (Å²) in [6.07, 6.45) is 6.88. The van der Waals surface area contributed by atoms with Crippen LogP contribution in [0.4, 0.5) is 0 Å². The number of hydrogen-bond donors (Lipinski definition) is 0. The van der Waals surface area contributed by atoms with E-state index in [2.05, 4.69) is 13.8 Å². The van der Waals surface area contributed by atoms with Gasteiger partial charge in [0.25, 0.3) is 5.91 Å². The number of carbonyl (C=O) groups is 1. The van der Waals surface area contributed by atoms with Crippen LogP contribution in [0.1, 0.15) is 37.3 Å². The molecule has 8 heteroatoms. The maximum Gasteiger partial charge on any atom is 0.266 e. The molecule has 1 atom stereocenters. The highest BCUT2D eigenvalue weighted by Gasteiger charge is 2.35. The zero-order chi connectivity index (χ0) is 25.1. The van der Waals surface area contributed by atoms with Crippen LogP contribution in [0.25, 0.3) is 23.0 Å². The Morgan fingerprint density at radius 1 is 1.25 bits per heavy atom. The lowest BCUT2D eigenvalue weighted by atomic mass is 10.0. The molecule has 36 heavy (non-hydrogen) atoms. The molecule has 186 valence electrons. The minimum absolute atomic E-state index is 0.0549. The van der Waals surface area contributed by atoms with Crippen molar-refractivity contribution >= 4 is 40.3 Å². The van der Waals surface area contributed by atoms with E-state index in [1.807, 2.05) is 65.5 Å². The van der Waals surface area contributed by atoms with E-state index < -0.39 is 0 Å². The van der Waals surface area contributed by atoms with Gasteiger partial charge >= 0.3 is 0 Å². The third kappa shape index (κ3) is 5.26. The average molecular weight is 520 g/mol. The van der Waals surface area contributed by atoms with Crippen molar-refractivity contribution in [1.29, 1.82) is 0 Å². The molecule has 0 spiro atoms. The number of ether oxygens (including phenoxy) is 2. The molecular formula is C28H29N3O3S2. The van der Waals surface area contributed by atoms with Crippen LogP contribution in [-0.2, 0) is 9.53 Å². The lowest BCUT2D eigenvalue weighted by Crippen LogP contribution is -2.35. The fourth-order valence-electron chi connectivity index (χ4n) is 4.42. The van der Waals surface area contributed by atoms with Crippen LogP contribution in [0.2, 0.25) is 0 Å². The highest BCUT2D eigenvalue weighted by molar-refractivity contribution is 8.26. The summed E-state index contributed by atoms with van der Waals surface area (Å²) in [5, 5.41) is 4.94. The van der Waals surface area contributed by atoms with Crippen molar-refractivity contribution in [3.63, 3.8) is 0 Å². The molecule has 1 unspecified atom stereocenters. The molecule has 6 nitrogen and oxygen atoms in total. The fraction of sp³-hybridized carbons (Fsp3) is 0.321. The largest absolute Gasteiger partial charge is 0.494 e. The molecule has 2 fully saturated rings. The molecule has 0 radical (unpaired) electrons. The summed E-state index contributed by atoms with van der Waals surface area (Å²) in [6.45, 7) is 6.09. The second-order valence-corrected chi connectivity index (χ2v) is 10.6. The molecular weight excluding hydrogens is 490 g/mol. The molecule has 3 heterocycles. The molecule has 0 saturated carbocycles. The molecule has 2 saturated heterocycles. The number of thiocarbonyl (C=S) groups is 1. The zero-order valence-electron chi connectivity index (χ0n) is 20.5. The standard InChI is InChI=1S/C28H29N3O3S2/c1-3-13-33-22-11-12-24(19(2)15-22)26-20(17-31(29-26)21-8-5-4-6-9-21)16-25-27(32)30(28(35)36-25)18-23-10-7-14-34-23/h4-6,8-9,11-12,15-17,23H,3,7,10,13-14,18H2,1-2H3. The molecule has 0 bridgehead atoms. The predicted molar refractivity (Wildman–Crippen MR) is 148 cm³/mol. The second-order valence-electron chi connectivity index (χ2n) is 8.97. The number of nitrogens with zero attached hydrogens (tertiary/aromatic N) is 3. The minimum Gasteiger partial charge on any atom is -0.494 e. The first-order valence-electron chi connectivity index (χ1n) is 12.3. The smallest absolute Gasteiger partial charge is 0.266 e. The first-order valence-corrected chi connectivity index (χ1v) is 13.5. The number of carbonyl (C=O) groups excluding carboxylic acids is 1. The van der Waals surface area contributed by atoms with Crippen LogP contribution in [-0.4, -0.2) is 50.8 Å². The summed E-state index contributed by atoms with van der Waals surface area (Å²) in [5.74, 6) is 0.774. The summed E-state index contributed by atoms with van der Waals surface area (Å²) in [5.41, 5.74) is 4.67. The number of thioether (sulfide) groups is 1. The SMILES string of the molecule is CCCOc1ccc(-c2nn(-c3ccccc3)cc2C=C2SC(=S)N(CC3CCCO3)C2=O)c(C)c1. The van der Waals surface area contributed by atoms with Crippen LogP contribution in [0.5, 0.6) is 5.75 Å². The maximum absolute atomic E-state index is 13.3. The Bertz CT molecular complexity index is 1300. The van der Waals surface area contributed by atoms with E-state index in [-0.39, 0.29) is 12.0 Å². The van der Waals surface area contributed by atoms with Crippen LogP contribution < -0.4 is 4.74 Å². The minimum atomic E-state index is -0.0704. The van der Waals surface area contributed by atoms with E-state index in [0.717, 1.165) is 59.7 Å². The van der Waals surface area contributed by atoms with E-state index in [0.29, 0.717) is 22.4 Å². The third-order valence-corrected chi connectivity index (χ3v) is 7.64. The van der Waals surface area contributed by atoms with Gasteiger partial charge in [0.05, 0.1) is 29.8 Å². The van der Waals surface area contributed by atoms with Crippen molar-refractivity contribution in [2.24, 2.45) is 0 Å². The summed E-state index contributed by atoms with van der Waals surface area (Å²) in [6, 6.07) is 16.0. The first kappa shape index (κ1) is 24.7. The van der Waals surface area contributed by atoms with Gasteiger partial charge in [-0.2, -0.15) is 5.10 Å². The van der Waals surface area contributed by atoms with Gasteiger partial charge in [-0.3, -0.25) is 9.69 Å². The first-order chi connectivity index (χ1) is 17.5. The Labute approximate surface area is 221 Å². The lowest BCUT2D eigenvalue weighted by Gasteiger charge is -2.18. The van der Waals surface area contributed by atoms with E-state index in [9.17, 15) is 4.79 Å². The Hall–Kier alpha value is -2.94. The van der Waals surface area contributed by atoms with Gasteiger partial charge in [0.1, 0.15) is 15.8 Å². The summed E-state index contributed by atoms with van der Waals surface area (Å²) in [7, 11) is 0. The molecule has 5 rings (SSSR count). The Kier molecular flexibility index (Phi) is 7.55. The lowest BCUT2D eigenvalue weighted by molar-refractivity contribution is -0.123. The molecule has 0 N–H and O–H groups in total.